The van der Waals surface area contributed by atoms with Crippen molar-refractivity contribution in [2.45, 2.75) is 26.7 Å². The van der Waals surface area contributed by atoms with Crippen molar-refractivity contribution in [2.75, 3.05) is 13.2 Å². The summed E-state index contributed by atoms with van der Waals surface area (Å²) in [6, 6.07) is 3.00. The molecule has 0 aromatic carbocycles. The summed E-state index contributed by atoms with van der Waals surface area (Å²) in [6.07, 6.45) is 2.99. The van der Waals surface area contributed by atoms with Crippen molar-refractivity contribution in [1.82, 2.24) is 10.3 Å². The Hall–Kier alpha value is -1.62. The van der Waals surface area contributed by atoms with Crippen LogP contribution in [-0.4, -0.2) is 34.3 Å². The summed E-state index contributed by atoms with van der Waals surface area (Å²) in [5.41, 5.74) is -0.0570. The Balaban J connectivity index is 2.54. The van der Waals surface area contributed by atoms with Crippen molar-refractivity contribution < 1.29 is 15.0 Å². The van der Waals surface area contributed by atoms with Crippen molar-refractivity contribution in [3.63, 3.8) is 0 Å². The SMILES string of the molecule is CC(C)(CCCO)CNC(=O)c1ncccc1O. The fourth-order valence-corrected chi connectivity index (χ4v) is 1.62. The number of hydrogen-bond donors (Lipinski definition) is 3. The lowest BCUT2D eigenvalue weighted by molar-refractivity contribution is 0.0925. The van der Waals surface area contributed by atoms with Crippen LogP contribution < -0.4 is 5.32 Å². The first kappa shape index (κ1) is 14.4. The first-order chi connectivity index (χ1) is 8.46. The standard InChI is InChI=1S/C13H20N2O3/c1-13(2,6-4-8-16)9-15-12(18)11-10(17)5-3-7-14-11/h3,5,7,16-17H,4,6,8-9H2,1-2H3,(H,15,18). The van der Waals surface area contributed by atoms with Crippen LogP contribution in [0, 0.1) is 5.41 Å². The van der Waals surface area contributed by atoms with E-state index in [1.807, 2.05) is 13.8 Å². The Labute approximate surface area is 107 Å². The van der Waals surface area contributed by atoms with Gasteiger partial charge in [0.25, 0.3) is 5.91 Å². The molecule has 100 valence electrons. The van der Waals surface area contributed by atoms with Gasteiger partial charge in [-0.05, 0) is 30.4 Å². The first-order valence-electron chi connectivity index (χ1n) is 5.99. The number of amides is 1. The van der Waals surface area contributed by atoms with Gasteiger partial charge < -0.3 is 15.5 Å². The van der Waals surface area contributed by atoms with E-state index in [9.17, 15) is 9.90 Å². The Kier molecular flexibility index (Phi) is 5.09. The second-order valence-corrected chi connectivity index (χ2v) is 5.05. The number of aliphatic hydroxyl groups is 1. The fourth-order valence-electron chi connectivity index (χ4n) is 1.62. The molecule has 0 spiro atoms. The zero-order chi connectivity index (χ0) is 13.6. The molecule has 0 atom stereocenters. The van der Waals surface area contributed by atoms with Gasteiger partial charge in [-0.2, -0.15) is 0 Å². The summed E-state index contributed by atoms with van der Waals surface area (Å²) in [5.74, 6) is -0.506. The second-order valence-electron chi connectivity index (χ2n) is 5.05. The molecular weight excluding hydrogens is 232 g/mol. The molecule has 0 fully saturated rings. The third-order valence-corrected chi connectivity index (χ3v) is 2.74. The van der Waals surface area contributed by atoms with Gasteiger partial charge in [-0.3, -0.25) is 4.79 Å². The third kappa shape index (κ3) is 4.33. The molecule has 0 bridgehead atoms. The van der Waals surface area contributed by atoms with Crippen LogP contribution in [0.4, 0.5) is 0 Å². The number of nitrogens with zero attached hydrogens (tertiary/aromatic N) is 1. The number of aliphatic hydroxyl groups excluding tert-OH is 1. The number of carbonyl (C=O) groups is 1. The minimum absolute atomic E-state index is 0.0375. The van der Waals surface area contributed by atoms with E-state index >= 15 is 0 Å². The molecule has 0 aliphatic heterocycles. The van der Waals surface area contributed by atoms with Crippen LogP contribution in [0.3, 0.4) is 0 Å². The molecule has 0 saturated heterocycles. The summed E-state index contributed by atoms with van der Waals surface area (Å²) in [6.45, 7) is 4.66. The largest absolute Gasteiger partial charge is 0.505 e. The topological polar surface area (TPSA) is 82.5 Å². The van der Waals surface area contributed by atoms with Gasteiger partial charge in [0.1, 0.15) is 5.75 Å². The molecule has 0 saturated carbocycles. The van der Waals surface area contributed by atoms with Crippen LogP contribution >= 0.6 is 0 Å². The van der Waals surface area contributed by atoms with Crippen LogP contribution in [0.15, 0.2) is 18.3 Å². The van der Waals surface area contributed by atoms with E-state index in [1.54, 1.807) is 6.07 Å². The van der Waals surface area contributed by atoms with Crippen molar-refractivity contribution in [2.24, 2.45) is 5.41 Å². The average molecular weight is 252 g/mol. The molecular formula is C13H20N2O3. The summed E-state index contributed by atoms with van der Waals surface area (Å²) >= 11 is 0. The minimum atomic E-state index is -0.384. The van der Waals surface area contributed by atoms with Crippen molar-refractivity contribution in [1.29, 1.82) is 0 Å². The molecule has 5 nitrogen and oxygen atoms in total. The number of pyridine rings is 1. The summed E-state index contributed by atoms with van der Waals surface area (Å²) in [5, 5.41) is 21.0. The Morgan fingerprint density at radius 2 is 2.22 bits per heavy atom. The highest BCUT2D eigenvalue weighted by molar-refractivity contribution is 5.94. The number of carbonyl (C=O) groups excluding carboxylic acids is 1. The zero-order valence-corrected chi connectivity index (χ0v) is 10.8. The van der Waals surface area contributed by atoms with E-state index in [2.05, 4.69) is 10.3 Å². The molecule has 0 radical (unpaired) electrons. The van der Waals surface area contributed by atoms with Crippen LogP contribution in [-0.2, 0) is 0 Å². The molecule has 1 rings (SSSR count). The molecule has 1 heterocycles. The monoisotopic (exact) mass is 252 g/mol. The molecule has 1 aromatic rings. The van der Waals surface area contributed by atoms with Gasteiger partial charge in [-0.25, -0.2) is 4.98 Å². The van der Waals surface area contributed by atoms with E-state index in [1.165, 1.54) is 12.3 Å². The van der Waals surface area contributed by atoms with E-state index in [4.69, 9.17) is 5.11 Å². The highest BCUT2D eigenvalue weighted by Gasteiger charge is 2.20. The first-order valence-corrected chi connectivity index (χ1v) is 5.99. The highest BCUT2D eigenvalue weighted by atomic mass is 16.3. The van der Waals surface area contributed by atoms with E-state index in [0.29, 0.717) is 13.0 Å². The summed E-state index contributed by atoms with van der Waals surface area (Å²) in [7, 11) is 0. The summed E-state index contributed by atoms with van der Waals surface area (Å²) < 4.78 is 0. The molecule has 0 aliphatic carbocycles. The van der Waals surface area contributed by atoms with Crippen molar-refractivity contribution in [3.05, 3.63) is 24.0 Å². The van der Waals surface area contributed by atoms with Gasteiger partial charge in [0, 0.05) is 19.3 Å². The number of aromatic hydroxyl groups is 1. The highest BCUT2D eigenvalue weighted by Crippen LogP contribution is 2.21. The van der Waals surface area contributed by atoms with E-state index in [0.717, 1.165) is 6.42 Å². The Bertz CT molecular complexity index is 405. The Morgan fingerprint density at radius 1 is 1.50 bits per heavy atom. The van der Waals surface area contributed by atoms with Gasteiger partial charge >= 0.3 is 0 Å². The maximum Gasteiger partial charge on any atom is 0.273 e. The molecule has 0 unspecified atom stereocenters. The Morgan fingerprint density at radius 3 is 2.83 bits per heavy atom. The van der Waals surface area contributed by atoms with Gasteiger partial charge in [0.15, 0.2) is 5.69 Å². The van der Waals surface area contributed by atoms with Crippen molar-refractivity contribution >= 4 is 5.91 Å². The normalized spacial score (nSPS) is 11.3. The number of nitrogens with one attached hydrogen (secondary N) is 1. The zero-order valence-electron chi connectivity index (χ0n) is 10.8. The quantitative estimate of drug-likeness (QED) is 0.713. The summed E-state index contributed by atoms with van der Waals surface area (Å²) in [4.78, 5) is 15.6. The lowest BCUT2D eigenvalue weighted by Crippen LogP contribution is -2.34. The van der Waals surface area contributed by atoms with Gasteiger partial charge in [0.2, 0.25) is 0 Å². The van der Waals surface area contributed by atoms with Crippen LogP contribution in [0.5, 0.6) is 5.75 Å². The fraction of sp³-hybridized carbons (Fsp3) is 0.538. The van der Waals surface area contributed by atoms with Crippen LogP contribution in [0.2, 0.25) is 0 Å². The molecule has 18 heavy (non-hydrogen) atoms. The van der Waals surface area contributed by atoms with E-state index < -0.39 is 0 Å². The molecule has 1 amide bonds. The number of aromatic nitrogens is 1. The number of rotatable bonds is 6. The third-order valence-electron chi connectivity index (χ3n) is 2.74. The van der Waals surface area contributed by atoms with Crippen LogP contribution in [0.25, 0.3) is 0 Å². The molecule has 0 aliphatic rings. The number of hydrogen-bond acceptors (Lipinski definition) is 4. The maximum absolute atomic E-state index is 11.8. The molecule has 1 aromatic heterocycles. The van der Waals surface area contributed by atoms with Gasteiger partial charge in [-0.15, -0.1) is 0 Å². The maximum atomic E-state index is 11.8. The van der Waals surface area contributed by atoms with Crippen molar-refractivity contribution in [3.8, 4) is 5.75 Å². The van der Waals surface area contributed by atoms with E-state index in [-0.39, 0.29) is 29.4 Å². The predicted molar refractivity (Wildman–Crippen MR) is 68.3 cm³/mol. The minimum Gasteiger partial charge on any atom is -0.505 e. The molecule has 3 N–H and O–H groups in total. The lowest BCUT2D eigenvalue weighted by atomic mass is 9.88. The predicted octanol–water partition coefficient (Wildman–Crippen LogP) is 1.32. The lowest BCUT2D eigenvalue weighted by Gasteiger charge is -2.24. The second kappa shape index (κ2) is 6.35. The average Bonchev–Trinajstić information content (AvgIpc) is 2.34. The molecule has 5 heteroatoms. The van der Waals surface area contributed by atoms with Gasteiger partial charge in [-0.1, -0.05) is 13.8 Å². The van der Waals surface area contributed by atoms with Crippen LogP contribution in [0.1, 0.15) is 37.2 Å². The van der Waals surface area contributed by atoms with Gasteiger partial charge in [0.05, 0.1) is 0 Å². The smallest absolute Gasteiger partial charge is 0.273 e.